The van der Waals surface area contributed by atoms with E-state index in [1.165, 1.54) is 11.1 Å². The van der Waals surface area contributed by atoms with Gasteiger partial charge in [0.2, 0.25) is 0 Å². The van der Waals surface area contributed by atoms with Gasteiger partial charge in [-0.2, -0.15) is 0 Å². The van der Waals surface area contributed by atoms with E-state index in [4.69, 9.17) is 18.9 Å². The second kappa shape index (κ2) is 9.69. The molecule has 0 N–H and O–H groups in total. The quantitative estimate of drug-likeness (QED) is 0.281. The average molecular weight is 451 g/mol. The lowest BCUT2D eigenvalue weighted by molar-refractivity contribution is -0.140. The van der Waals surface area contributed by atoms with Crippen molar-refractivity contribution < 1.29 is 28.5 Å². The molecule has 0 radical (unpaired) electrons. The van der Waals surface area contributed by atoms with E-state index < -0.39 is 11.9 Å². The molecule has 2 aromatic rings. The summed E-state index contributed by atoms with van der Waals surface area (Å²) in [4.78, 5) is 23.4. The van der Waals surface area contributed by atoms with Crippen molar-refractivity contribution in [2.24, 2.45) is 0 Å². The Balaban J connectivity index is 1.60. The second-order valence-corrected chi connectivity index (χ2v) is 8.77. The van der Waals surface area contributed by atoms with Gasteiger partial charge in [0.25, 0.3) is 0 Å². The van der Waals surface area contributed by atoms with E-state index in [0.717, 1.165) is 41.5 Å². The fraction of sp³-hybridized carbons (Fsp3) is 0.407. The summed E-state index contributed by atoms with van der Waals surface area (Å²) in [6, 6.07) is 8.03. The minimum Gasteiger partial charge on any atom is -0.489 e. The summed E-state index contributed by atoms with van der Waals surface area (Å²) in [7, 11) is 0. The van der Waals surface area contributed by atoms with E-state index in [9.17, 15) is 9.59 Å². The fourth-order valence-electron chi connectivity index (χ4n) is 4.84. The normalized spacial score (nSPS) is 18.0. The Morgan fingerprint density at radius 2 is 1.21 bits per heavy atom. The molecular weight excluding hydrogens is 420 g/mol. The van der Waals surface area contributed by atoms with Crippen molar-refractivity contribution in [2.75, 3.05) is 26.4 Å². The molecule has 2 aliphatic carbocycles. The SMILES string of the molecule is C=C(C)C(=O)OCCOc1c2c(c(OCCOC(=O)C(=C)C)c3ccccc13)C1CCC2C1. The number of esters is 2. The third-order valence-electron chi connectivity index (χ3n) is 6.27. The molecule has 6 heteroatoms. The zero-order valence-electron chi connectivity index (χ0n) is 19.3. The number of hydrogen-bond acceptors (Lipinski definition) is 6. The molecule has 0 amide bonds. The van der Waals surface area contributed by atoms with Crippen LogP contribution in [0.1, 0.15) is 56.1 Å². The van der Waals surface area contributed by atoms with Crippen LogP contribution in [-0.2, 0) is 19.1 Å². The van der Waals surface area contributed by atoms with Crippen LogP contribution in [0.3, 0.4) is 0 Å². The van der Waals surface area contributed by atoms with Crippen molar-refractivity contribution in [1.29, 1.82) is 0 Å². The third-order valence-corrected chi connectivity index (χ3v) is 6.27. The molecule has 0 aromatic heterocycles. The van der Waals surface area contributed by atoms with Crippen LogP contribution in [-0.4, -0.2) is 38.4 Å². The van der Waals surface area contributed by atoms with Crippen LogP contribution in [0, 0.1) is 0 Å². The summed E-state index contributed by atoms with van der Waals surface area (Å²) in [5, 5.41) is 1.95. The van der Waals surface area contributed by atoms with Gasteiger partial charge >= 0.3 is 11.9 Å². The zero-order chi connectivity index (χ0) is 23.5. The number of fused-ring (bicyclic) bond motifs is 6. The molecule has 1 fully saturated rings. The smallest absolute Gasteiger partial charge is 0.333 e. The van der Waals surface area contributed by atoms with E-state index in [2.05, 4.69) is 13.2 Å². The highest BCUT2D eigenvalue weighted by Gasteiger charge is 2.42. The summed E-state index contributed by atoms with van der Waals surface area (Å²) < 4.78 is 22.9. The Bertz CT molecular complexity index is 1030. The molecule has 2 unspecified atom stereocenters. The summed E-state index contributed by atoms with van der Waals surface area (Å²) in [5.74, 6) is 1.77. The molecule has 2 aliphatic rings. The van der Waals surface area contributed by atoms with Gasteiger partial charge < -0.3 is 18.9 Å². The van der Waals surface area contributed by atoms with Crippen molar-refractivity contribution in [3.8, 4) is 11.5 Å². The van der Waals surface area contributed by atoms with E-state index in [-0.39, 0.29) is 26.4 Å². The maximum Gasteiger partial charge on any atom is 0.333 e. The number of benzene rings is 2. The Kier molecular flexibility index (Phi) is 6.72. The summed E-state index contributed by atoms with van der Waals surface area (Å²) in [6.45, 7) is 11.3. The molecule has 6 nitrogen and oxygen atoms in total. The Hall–Kier alpha value is -3.28. The molecule has 33 heavy (non-hydrogen) atoms. The molecule has 4 rings (SSSR count). The number of ether oxygens (including phenoxy) is 4. The second-order valence-electron chi connectivity index (χ2n) is 8.77. The largest absolute Gasteiger partial charge is 0.489 e. The number of carbonyl (C=O) groups excluding carboxylic acids is 2. The van der Waals surface area contributed by atoms with E-state index in [1.807, 2.05) is 24.3 Å². The van der Waals surface area contributed by atoms with Gasteiger partial charge in [-0.25, -0.2) is 9.59 Å². The van der Waals surface area contributed by atoms with Crippen LogP contribution >= 0.6 is 0 Å². The molecule has 0 heterocycles. The van der Waals surface area contributed by atoms with Crippen molar-refractivity contribution in [3.63, 3.8) is 0 Å². The average Bonchev–Trinajstić information content (AvgIpc) is 3.42. The molecule has 2 aromatic carbocycles. The van der Waals surface area contributed by atoms with Crippen LogP contribution in [0.2, 0.25) is 0 Å². The van der Waals surface area contributed by atoms with E-state index in [0.29, 0.717) is 23.0 Å². The summed E-state index contributed by atoms with van der Waals surface area (Å²) >= 11 is 0. The predicted octanol–water partition coefficient (Wildman–Crippen LogP) is 5.20. The lowest BCUT2D eigenvalue weighted by Gasteiger charge is -2.25. The highest BCUT2D eigenvalue weighted by Crippen LogP contribution is 2.61. The molecule has 174 valence electrons. The molecule has 2 bridgehead atoms. The number of rotatable bonds is 10. The zero-order valence-corrected chi connectivity index (χ0v) is 19.3. The third kappa shape index (κ3) is 4.61. The Labute approximate surface area is 194 Å². The monoisotopic (exact) mass is 450 g/mol. The van der Waals surface area contributed by atoms with Crippen LogP contribution in [0.15, 0.2) is 48.6 Å². The summed E-state index contributed by atoms with van der Waals surface area (Å²) in [5.41, 5.74) is 3.17. The predicted molar refractivity (Wildman–Crippen MR) is 126 cm³/mol. The standard InChI is InChI=1S/C27H30O6/c1-16(2)26(28)32-13-11-30-24-20-7-5-6-8-21(20)25(31-12-14-33-27(29)17(3)4)23-19-10-9-18(15-19)22(23)24/h5-8,18-19H,1,3,9-15H2,2,4H3. The maximum absolute atomic E-state index is 11.7. The minimum absolute atomic E-state index is 0.162. The van der Waals surface area contributed by atoms with Crippen molar-refractivity contribution in [3.05, 3.63) is 59.7 Å². The summed E-state index contributed by atoms with van der Waals surface area (Å²) in [6.07, 6.45) is 3.35. The first-order chi connectivity index (χ1) is 15.9. The molecule has 2 atom stereocenters. The molecule has 0 spiro atoms. The van der Waals surface area contributed by atoms with Gasteiger partial charge in [-0.05, 0) is 44.9 Å². The van der Waals surface area contributed by atoms with Crippen LogP contribution in [0.5, 0.6) is 11.5 Å². The highest BCUT2D eigenvalue weighted by molar-refractivity contribution is 5.97. The number of carbonyl (C=O) groups is 2. The van der Waals surface area contributed by atoms with Gasteiger partial charge in [0.1, 0.15) is 37.9 Å². The van der Waals surface area contributed by atoms with E-state index >= 15 is 0 Å². The first-order valence-corrected chi connectivity index (χ1v) is 11.4. The first kappa shape index (κ1) is 22.9. The van der Waals surface area contributed by atoms with Crippen molar-refractivity contribution in [1.82, 2.24) is 0 Å². The lowest BCUT2D eigenvalue weighted by Crippen LogP contribution is -2.15. The lowest BCUT2D eigenvalue weighted by atomic mass is 9.87. The Morgan fingerprint density at radius 3 is 1.61 bits per heavy atom. The van der Waals surface area contributed by atoms with E-state index in [1.54, 1.807) is 13.8 Å². The van der Waals surface area contributed by atoms with Gasteiger partial charge in [-0.1, -0.05) is 37.4 Å². The van der Waals surface area contributed by atoms with Gasteiger partial charge in [0.15, 0.2) is 0 Å². The molecule has 0 saturated heterocycles. The van der Waals surface area contributed by atoms with Crippen molar-refractivity contribution in [2.45, 2.75) is 44.9 Å². The first-order valence-electron chi connectivity index (χ1n) is 11.4. The topological polar surface area (TPSA) is 71.1 Å². The van der Waals surface area contributed by atoms with Crippen molar-refractivity contribution >= 4 is 22.7 Å². The van der Waals surface area contributed by atoms with Gasteiger partial charge in [-0.15, -0.1) is 0 Å². The van der Waals surface area contributed by atoms with Gasteiger partial charge in [0, 0.05) is 33.0 Å². The van der Waals surface area contributed by atoms with Gasteiger partial charge in [-0.3, -0.25) is 0 Å². The Morgan fingerprint density at radius 1 is 0.788 bits per heavy atom. The molecule has 0 aliphatic heterocycles. The van der Waals surface area contributed by atoms with Crippen LogP contribution in [0.4, 0.5) is 0 Å². The minimum atomic E-state index is -0.413. The molecular formula is C27H30O6. The maximum atomic E-state index is 11.7. The fourth-order valence-corrected chi connectivity index (χ4v) is 4.84. The van der Waals surface area contributed by atoms with Crippen LogP contribution < -0.4 is 9.47 Å². The highest BCUT2D eigenvalue weighted by atomic mass is 16.6. The molecule has 1 saturated carbocycles. The number of hydrogen-bond donors (Lipinski definition) is 0. The van der Waals surface area contributed by atoms with Gasteiger partial charge in [0.05, 0.1) is 0 Å². The van der Waals surface area contributed by atoms with Crippen LogP contribution in [0.25, 0.3) is 10.8 Å².